The number of hydrogen-bond donors (Lipinski definition) is 1. The van der Waals surface area contributed by atoms with Gasteiger partial charge in [0.1, 0.15) is 6.10 Å². The Morgan fingerprint density at radius 1 is 1.38 bits per heavy atom. The van der Waals surface area contributed by atoms with Gasteiger partial charge in [-0.2, -0.15) is 0 Å². The Morgan fingerprint density at radius 2 is 2.31 bits per heavy atom. The van der Waals surface area contributed by atoms with Gasteiger partial charge in [0.05, 0.1) is 0 Å². The molecule has 2 aliphatic heterocycles. The predicted molar refractivity (Wildman–Crippen MR) is 60.2 cm³/mol. The van der Waals surface area contributed by atoms with Crippen LogP contribution in [0.3, 0.4) is 0 Å². The Bertz CT molecular complexity index is 274. The zero-order chi connectivity index (χ0) is 11.0. The lowest BCUT2D eigenvalue weighted by atomic mass is 10.0. The van der Waals surface area contributed by atoms with Crippen LogP contribution < -0.4 is 5.32 Å². The molecule has 3 unspecified atom stereocenters. The Labute approximate surface area is 96.3 Å². The van der Waals surface area contributed by atoms with Crippen molar-refractivity contribution in [3.63, 3.8) is 0 Å². The molecule has 0 aromatic carbocycles. The Morgan fingerprint density at radius 3 is 3.12 bits per heavy atom. The number of hydrogen-bond acceptors (Lipinski definition) is 3. The van der Waals surface area contributed by atoms with Crippen LogP contribution in [-0.4, -0.2) is 43.3 Å². The standard InChI is InChI=1S/C12H20N2O2/c15-12-14(7-9-4-5-13-6-9)8-10-2-1-3-11(10)16-12/h9-11,13H,1-8H2. The summed E-state index contributed by atoms with van der Waals surface area (Å²) in [6, 6.07) is 0. The van der Waals surface area contributed by atoms with Crippen molar-refractivity contribution >= 4 is 6.09 Å². The van der Waals surface area contributed by atoms with Gasteiger partial charge in [0.25, 0.3) is 0 Å². The van der Waals surface area contributed by atoms with Crippen LogP contribution in [-0.2, 0) is 4.74 Å². The fourth-order valence-corrected chi connectivity index (χ4v) is 3.26. The third-order valence-electron chi connectivity index (χ3n) is 4.20. The average molecular weight is 224 g/mol. The molecule has 4 nitrogen and oxygen atoms in total. The molecule has 0 radical (unpaired) electrons. The summed E-state index contributed by atoms with van der Waals surface area (Å²) in [7, 11) is 0. The van der Waals surface area contributed by atoms with Crippen LogP contribution >= 0.6 is 0 Å². The number of nitrogens with one attached hydrogen (secondary N) is 1. The maximum Gasteiger partial charge on any atom is 0.410 e. The highest BCUT2D eigenvalue weighted by Gasteiger charge is 2.39. The van der Waals surface area contributed by atoms with Gasteiger partial charge < -0.3 is 15.0 Å². The summed E-state index contributed by atoms with van der Waals surface area (Å²) in [5.41, 5.74) is 0. The summed E-state index contributed by atoms with van der Waals surface area (Å²) in [5, 5.41) is 3.34. The molecule has 16 heavy (non-hydrogen) atoms. The van der Waals surface area contributed by atoms with Gasteiger partial charge in [-0.25, -0.2) is 4.79 Å². The Balaban J connectivity index is 1.59. The maximum absolute atomic E-state index is 11.8. The molecule has 1 aliphatic carbocycles. The van der Waals surface area contributed by atoms with Crippen LogP contribution in [0, 0.1) is 11.8 Å². The van der Waals surface area contributed by atoms with Gasteiger partial charge in [-0.3, -0.25) is 0 Å². The van der Waals surface area contributed by atoms with Crippen molar-refractivity contribution in [2.24, 2.45) is 11.8 Å². The first kappa shape index (κ1) is 10.4. The van der Waals surface area contributed by atoms with Gasteiger partial charge in [0.2, 0.25) is 0 Å². The summed E-state index contributed by atoms with van der Waals surface area (Å²) in [4.78, 5) is 13.7. The molecule has 0 spiro atoms. The molecule has 0 aromatic heterocycles. The van der Waals surface area contributed by atoms with E-state index in [1.165, 1.54) is 19.3 Å². The molecular weight excluding hydrogens is 204 g/mol. The molecule has 0 aromatic rings. The van der Waals surface area contributed by atoms with Crippen molar-refractivity contribution in [3.05, 3.63) is 0 Å². The number of rotatable bonds is 2. The molecular formula is C12H20N2O2. The van der Waals surface area contributed by atoms with Crippen molar-refractivity contribution in [3.8, 4) is 0 Å². The molecule has 3 aliphatic rings. The minimum absolute atomic E-state index is 0.0740. The van der Waals surface area contributed by atoms with E-state index in [0.717, 1.165) is 32.6 Å². The first-order valence-corrected chi connectivity index (χ1v) is 6.49. The van der Waals surface area contributed by atoms with Crippen molar-refractivity contribution < 1.29 is 9.53 Å². The first-order valence-electron chi connectivity index (χ1n) is 6.49. The predicted octanol–water partition coefficient (Wildman–Crippen LogP) is 1.22. The van der Waals surface area contributed by atoms with Crippen molar-refractivity contribution in [2.75, 3.05) is 26.2 Å². The summed E-state index contributed by atoms with van der Waals surface area (Å²) >= 11 is 0. The quantitative estimate of drug-likeness (QED) is 0.766. The average Bonchev–Trinajstić information content (AvgIpc) is 2.89. The van der Waals surface area contributed by atoms with Crippen LogP contribution in [0.2, 0.25) is 0 Å². The van der Waals surface area contributed by atoms with Gasteiger partial charge in [-0.15, -0.1) is 0 Å². The molecule has 1 saturated carbocycles. The minimum Gasteiger partial charge on any atom is -0.446 e. The maximum atomic E-state index is 11.8. The fourth-order valence-electron chi connectivity index (χ4n) is 3.26. The van der Waals surface area contributed by atoms with Crippen LogP contribution in [0.5, 0.6) is 0 Å². The van der Waals surface area contributed by atoms with E-state index in [2.05, 4.69) is 5.32 Å². The van der Waals surface area contributed by atoms with Crippen LogP contribution in [0.1, 0.15) is 25.7 Å². The molecule has 3 fully saturated rings. The van der Waals surface area contributed by atoms with E-state index < -0.39 is 0 Å². The third-order valence-corrected chi connectivity index (χ3v) is 4.20. The number of nitrogens with zero attached hydrogens (tertiary/aromatic N) is 1. The molecule has 0 bridgehead atoms. The molecule has 3 atom stereocenters. The number of amides is 1. The van der Waals surface area contributed by atoms with Crippen molar-refractivity contribution in [2.45, 2.75) is 31.8 Å². The van der Waals surface area contributed by atoms with E-state index in [9.17, 15) is 4.79 Å². The smallest absolute Gasteiger partial charge is 0.410 e. The topological polar surface area (TPSA) is 41.6 Å². The van der Waals surface area contributed by atoms with Crippen LogP contribution in [0.4, 0.5) is 4.79 Å². The van der Waals surface area contributed by atoms with Crippen molar-refractivity contribution in [1.29, 1.82) is 0 Å². The van der Waals surface area contributed by atoms with Crippen LogP contribution in [0.25, 0.3) is 0 Å². The lowest BCUT2D eigenvalue weighted by molar-refractivity contribution is -0.00158. The number of carbonyl (C=O) groups is 1. The van der Waals surface area contributed by atoms with E-state index in [4.69, 9.17) is 4.74 Å². The third kappa shape index (κ3) is 1.90. The lowest BCUT2D eigenvalue weighted by Gasteiger charge is -2.35. The molecule has 2 heterocycles. The van der Waals surface area contributed by atoms with Gasteiger partial charge in [-0.05, 0) is 44.7 Å². The molecule has 1 amide bonds. The molecule has 90 valence electrons. The summed E-state index contributed by atoms with van der Waals surface area (Å²) in [5.74, 6) is 1.23. The van der Waals surface area contributed by atoms with Gasteiger partial charge >= 0.3 is 6.09 Å². The zero-order valence-corrected chi connectivity index (χ0v) is 9.65. The summed E-state index contributed by atoms with van der Waals surface area (Å²) in [6.45, 7) is 3.96. The molecule has 3 rings (SSSR count). The normalized spacial score (nSPS) is 38.6. The number of ether oxygens (including phenoxy) is 1. The first-order chi connectivity index (χ1) is 7.83. The zero-order valence-electron chi connectivity index (χ0n) is 9.65. The van der Waals surface area contributed by atoms with E-state index in [-0.39, 0.29) is 12.2 Å². The van der Waals surface area contributed by atoms with Gasteiger partial charge in [0.15, 0.2) is 0 Å². The number of carbonyl (C=O) groups excluding carboxylic acids is 1. The second kappa shape index (κ2) is 4.24. The highest BCUT2D eigenvalue weighted by Crippen LogP contribution is 2.33. The molecule has 2 saturated heterocycles. The van der Waals surface area contributed by atoms with E-state index in [1.807, 2.05) is 4.90 Å². The van der Waals surface area contributed by atoms with E-state index in [0.29, 0.717) is 11.8 Å². The van der Waals surface area contributed by atoms with E-state index >= 15 is 0 Å². The van der Waals surface area contributed by atoms with Gasteiger partial charge in [0, 0.05) is 19.0 Å². The monoisotopic (exact) mass is 224 g/mol. The lowest BCUT2D eigenvalue weighted by Crippen LogP contribution is -2.47. The Kier molecular flexibility index (Phi) is 2.75. The highest BCUT2D eigenvalue weighted by atomic mass is 16.6. The second-order valence-electron chi connectivity index (χ2n) is 5.38. The second-order valence-corrected chi connectivity index (χ2v) is 5.38. The summed E-state index contributed by atoms with van der Waals surface area (Å²) < 4.78 is 5.50. The SMILES string of the molecule is O=C1OC2CCCC2CN1CC1CCNC1. The van der Waals surface area contributed by atoms with Crippen molar-refractivity contribution in [1.82, 2.24) is 10.2 Å². The van der Waals surface area contributed by atoms with Crippen LogP contribution in [0.15, 0.2) is 0 Å². The minimum atomic E-state index is -0.0740. The molecule has 4 heteroatoms. The Hall–Kier alpha value is -0.770. The largest absolute Gasteiger partial charge is 0.446 e. The highest BCUT2D eigenvalue weighted by molar-refractivity contribution is 5.68. The van der Waals surface area contributed by atoms with Gasteiger partial charge in [-0.1, -0.05) is 0 Å². The number of fused-ring (bicyclic) bond motifs is 1. The summed E-state index contributed by atoms with van der Waals surface area (Å²) in [6.07, 6.45) is 4.88. The van der Waals surface area contributed by atoms with E-state index in [1.54, 1.807) is 0 Å². The molecule has 1 N–H and O–H groups in total. The fraction of sp³-hybridized carbons (Fsp3) is 0.917.